The summed E-state index contributed by atoms with van der Waals surface area (Å²) in [6.45, 7) is 3.96. The molecule has 1 saturated heterocycles. The van der Waals surface area contributed by atoms with Gasteiger partial charge in [0.1, 0.15) is 5.82 Å². The monoisotopic (exact) mass is 490 g/mol. The Balaban J connectivity index is 1.49. The number of nitrogens with one attached hydrogen (secondary N) is 1. The molecular formula is C21H23BrN4O3S. The van der Waals surface area contributed by atoms with Crippen molar-refractivity contribution in [1.82, 2.24) is 19.2 Å². The van der Waals surface area contributed by atoms with Crippen molar-refractivity contribution >= 4 is 42.9 Å². The smallest absolute Gasteiger partial charge is 0.252 e. The second-order valence-corrected chi connectivity index (χ2v) is 10.1. The number of amides is 1. The van der Waals surface area contributed by atoms with E-state index in [0.29, 0.717) is 36.2 Å². The molecule has 0 aliphatic carbocycles. The number of carbonyl (C=O) groups is 1. The van der Waals surface area contributed by atoms with Crippen LogP contribution in [0, 0.1) is 6.92 Å². The molecule has 9 heteroatoms. The lowest BCUT2D eigenvalue weighted by molar-refractivity contribution is 0.0951. The normalized spacial score (nSPS) is 15.0. The van der Waals surface area contributed by atoms with E-state index < -0.39 is 10.0 Å². The van der Waals surface area contributed by atoms with Gasteiger partial charge in [0.2, 0.25) is 10.0 Å². The summed E-state index contributed by atoms with van der Waals surface area (Å²) < 4.78 is 29.7. The second kappa shape index (κ2) is 8.49. The van der Waals surface area contributed by atoms with Gasteiger partial charge in [-0.3, -0.25) is 4.79 Å². The van der Waals surface area contributed by atoms with Crippen molar-refractivity contribution in [2.45, 2.75) is 31.2 Å². The van der Waals surface area contributed by atoms with Crippen LogP contribution in [-0.2, 0) is 16.6 Å². The van der Waals surface area contributed by atoms with E-state index in [1.54, 1.807) is 6.07 Å². The number of imidazole rings is 1. The van der Waals surface area contributed by atoms with Gasteiger partial charge in [-0.25, -0.2) is 13.4 Å². The van der Waals surface area contributed by atoms with Gasteiger partial charge in [-0.2, -0.15) is 4.31 Å². The Morgan fingerprint density at radius 3 is 2.67 bits per heavy atom. The zero-order valence-corrected chi connectivity index (χ0v) is 19.0. The number of aryl methyl sites for hydroxylation is 1. The molecule has 1 N–H and O–H groups in total. The van der Waals surface area contributed by atoms with Crippen LogP contribution in [0.3, 0.4) is 0 Å². The maximum atomic E-state index is 12.8. The highest BCUT2D eigenvalue weighted by atomic mass is 79.9. The topological polar surface area (TPSA) is 84.3 Å². The Morgan fingerprint density at radius 1 is 1.17 bits per heavy atom. The summed E-state index contributed by atoms with van der Waals surface area (Å²) in [5.74, 6) is 0.563. The second-order valence-electron chi connectivity index (χ2n) is 7.31. The van der Waals surface area contributed by atoms with Crippen molar-refractivity contribution in [2.24, 2.45) is 0 Å². The van der Waals surface area contributed by atoms with Crippen LogP contribution >= 0.6 is 15.9 Å². The van der Waals surface area contributed by atoms with Crippen LogP contribution in [0.15, 0.2) is 51.8 Å². The van der Waals surface area contributed by atoms with Crippen molar-refractivity contribution in [3.05, 3.63) is 58.3 Å². The highest BCUT2D eigenvalue weighted by molar-refractivity contribution is 9.10. The zero-order valence-electron chi connectivity index (χ0n) is 16.6. The lowest BCUT2D eigenvalue weighted by Gasteiger charge is -2.16. The summed E-state index contributed by atoms with van der Waals surface area (Å²) in [6, 6.07) is 12.5. The summed E-state index contributed by atoms with van der Waals surface area (Å²) in [5, 5.41) is 2.89. The van der Waals surface area contributed by atoms with Crippen molar-refractivity contribution < 1.29 is 13.2 Å². The number of halogens is 1. The predicted octanol–water partition coefficient (Wildman–Crippen LogP) is 3.32. The number of nitrogens with zero attached hydrogens (tertiary/aromatic N) is 3. The number of aromatic nitrogens is 2. The third-order valence-electron chi connectivity index (χ3n) is 5.35. The minimum Gasteiger partial charge on any atom is -0.350 e. The molecule has 1 fully saturated rings. The summed E-state index contributed by atoms with van der Waals surface area (Å²) >= 11 is 3.37. The molecule has 3 aromatic rings. The van der Waals surface area contributed by atoms with Gasteiger partial charge in [0.15, 0.2) is 0 Å². The molecule has 0 atom stereocenters. The minimum atomic E-state index is -3.58. The highest BCUT2D eigenvalue weighted by Gasteiger charge is 2.28. The van der Waals surface area contributed by atoms with Gasteiger partial charge in [-0.1, -0.05) is 12.1 Å². The van der Waals surface area contributed by atoms with Gasteiger partial charge in [-0.15, -0.1) is 0 Å². The van der Waals surface area contributed by atoms with Gasteiger partial charge in [0.05, 0.1) is 21.5 Å². The molecule has 0 unspecified atom stereocenters. The number of para-hydroxylation sites is 2. The zero-order chi connectivity index (χ0) is 21.3. The third-order valence-corrected chi connectivity index (χ3v) is 7.94. The summed E-state index contributed by atoms with van der Waals surface area (Å²) in [4.78, 5) is 17.4. The molecule has 0 bridgehead atoms. The largest absolute Gasteiger partial charge is 0.350 e. The molecule has 2 aromatic carbocycles. The van der Waals surface area contributed by atoms with Crippen molar-refractivity contribution in [3.63, 3.8) is 0 Å². The summed E-state index contributed by atoms with van der Waals surface area (Å²) in [6.07, 6.45) is 1.73. The number of hydrogen-bond donors (Lipinski definition) is 1. The molecule has 2 heterocycles. The van der Waals surface area contributed by atoms with E-state index in [1.807, 2.05) is 31.2 Å². The van der Waals surface area contributed by atoms with Gasteiger partial charge >= 0.3 is 0 Å². The number of sulfonamides is 1. The van der Waals surface area contributed by atoms with E-state index in [9.17, 15) is 13.2 Å². The number of rotatable bonds is 6. The molecule has 1 amide bonds. The van der Waals surface area contributed by atoms with E-state index in [-0.39, 0.29) is 10.8 Å². The fraction of sp³-hybridized carbons (Fsp3) is 0.333. The van der Waals surface area contributed by atoms with Crippen LogP contribution in [0.1, 0.15) is 29.0 Å². The number of hydrogen-bond acceptors (Lipinski definition) is 4. The van der Waals surface area contributed by atoms with Crippen LogP contribution in [0.5, 0.6) is 0 Å². The van der Waals surface area contributed by atoms with Crippen LogP contribution in [-0.4, -0.2) is 47.8 Å². The SMILES string of the molecule is Cc1nc2ccccc2n1CCNC(=O)c1cc(S(=O)(=O)N2CCCC2)ccc1Br. The van der Waals surface area contributed by atoms with E-state index in [0.717, 1.165) is 29.7 Å². The average molecular weight is 491 g/mol. The molecule has 1 aliphatic rings. The molecule has 30 heavy (non-hydrogen) atoms. The maximum absolute atomic E-state index is 12.8. The Kier molecular flexibility index (Phi) is 5.95. The lowest BCUT2D eigenvalue weighted by atomic mass is 10.2. The third kappa shape index (κ3) is 4.01. The molecule has 1 aromatic heterocycles. The average Bonchev–Trinajstić information content (AvgIpc) is 3.37. The van der Waals surface area contributed by atoms with Crippen molar-refractivity contribution in [3.8, 4) is 0 Å². The Bertz CT molecular complexity index is 1200. The predicted molar refractivity (Wildman–Crippen MR) is 119 cm³/mol. The summed E-state index contributed by atoms with van der Waals surface area (Å²) in [7, 11) is -3.58. The fourth-order valence-corrected chi connectivity index (χ4v) is 5.74. The van der Waals surface area contributed by atoms with Crippen LogP contribution < -0.4 is 5.32 Å². The quantitative estimate of drug-likeness (QED) is 0.574. The van der Waals surface area contributed by atoms with E-state index in [4.69, 9.17) is 0 Å². The standard InChI is InChI=1S/C21H23BrN4O3S/c1-15-24-19-6-2-3-7-20(19)26(15)13-10-23-21(27)17-14-16(8-9-18(17)22)30(28,29)25-11-4-5-12-25/h2-3,6-9,14H,4-5,10-13H2,1H3,(H,23,27). The van der Waals surface area contributed by atoms with Gasteiger partial charge < -0.3 is 9.88 Å². The molecule has 7 nitrogen and oxygen atoms in total. The van der Waals surface area contributed by atoms with Crippen LogP contribution in [0.2, 0.25) is 0 Å². The van der Waals surface area contributed by atoms with Gasteiger partial charge in [0.25, 0.3) is 5.91 Å². The lowest BCUT2D eigenvalue weighted by Crippen LogP contribution is -2.30. The van der Waals surface area contributed by atoms with E-state index >= 15 is 0 Å². The molecule has 0 radical (unpaired) electrons. The summed E-state index contributed by atoms with van der Waals surface area (Å²) in [5.41, 5.74) is 2.25. The molecule has 0 saturated carbocycles. The number of benzene rings is 2. The first kappa shape index (κ1) is 21.0. The molecule has 4 rings (SSSR count). The minimum absolute atomic E-state index is 0.147. The fourth-order valence-electron chi connectivity index (χ4n) is 3.77. The Labute approximate surface area is 184 Å². The van der Waals surface area contributed by atoms with Gasteiger partial charge in [0, 0.05) is 30.7 Å². The van der Waals surface area contributed by atoms with E-state index in [2.05, 4.69) is 30.8 Å². The highest BCUT2D eigenvalue weighted by Crippen LogP contribution is 2.25. The number of carbonyl (C=O) groups excluding carboxylic acids is 1. The maximum Gasteiger partial charge on any atom is 0.252 e. The van der Waals surface area contributed by atoms with Crippen LogP contribution in [0.25, 0.3) is 11.0 Å². The van der Waals surface area contributed by atoms with Crippen molar-refractivity contribution in [2.75, 3.05) is 19.6 Å². The Morgan fingerprint density at radius 2 is 1.90 bits per heavy atom. The molecule has 0 spiro atoms. The first-order chi connectivity index (χ1) is 14.4. The number of fused-ring (bicyclic) bond motifs is 1. The van der Waals surface area contributed by atoms with Crippen LogP contribution in [0.4, 0.5) is 0 Å². The Hall–Kier alpha value is -2.23. The van der Waals surface area contributed by atoms with E-state index in [1.165, 1.54) is 16.4 Å². The van der Waals surface area contributed by atoms with Crippen molar-refractivity contribution in [1.29, 1.82) is 0 Å². The first-order valence-corrected chi connectivity index (χ1v) is 12.1. The molecular weight excluding hydrogens is 468 g/mol. The molecule has 1 aliphatic heterocycles. The molecule has 158 valence electrons. The first-order valence-electron chi connectivity index (χ1n) is 9.88. The van der Waals surface area contributed by atoms with Gasteiger partial charge in [-0.05, 0) is 66.0 Å².